The number of ketones is 1. The van der Waals surface area contributed by atoms with Crippen LogP contribution < -0.4 is 26.6 Å². The summed E-state index contributed by atoms with van der Waals surface area (Å²) in [5, 5.41) is 9.87. The van der Waals surface area contributed by atoms with Crippen LogP contribution >= 0.6 is 0 Å². The van der Waals surface area contributed by atoms with Crippen molar-refractivity contribution in [3.63, 3.8) is 0 Å². The molecule has 5 N–H and O–H groups in total. The predicted octanol–water partition coefficient (Wildman–Crippen LogP) is 4.59. The number of primary amides is 1. The van der Waals surface area contributed by atoms with E-state index in [2.05, 4.69) is 32.8 Å². The fourth-order valence-corrected chi connectivity index (χ4v) is 6.25. The van der Waals surface area contributed by atoms with Crippen molar-refractivity contribution in [2.75, 3.05) is 28.6 Å². The number of aromatic nitrogens is 1. The van der Waals surface area contributed by atoms with Gasteiger partial charge >= 0.3 is 0 Å². The summed E-state index contributed by atoms with van der Waals surface area (Å²) < 4.78 is 0. The number of hydrogen-bond acceptors (Lipinski definition) is 7. The van der Waals surface area contributed by atoms with Crippen molar-refractivity contribution in [3.8, 4) is 0 Å². The minimum atomic E-state index is -0.532. The zero-order valence-electron chi connectivity index (χ0n) is 23.8. The van der Waals surface area contributed by atoms with Gasteiger partial charge in [-0.3, -0.25) is 14.4 Å². The van der Waals surface area contributed by atoms with Crippen LogP contribution in [0.1, 0.15) is 96.8 Å². The summed E-state index contributed by atoms with van der Waals surface area (Å²) >= 11 is 0. The van der Waals surface area contributed by atoms with Crippen molar-refractivity contribution >= 4 is 34.8 Å². The summed E-state index contributed by atoms with van der Waals surface area (Å²) in [4.78, 5) is 45.3. The normalized spacial score (nSPS) is 22.8. The second-order valence-electron chi connectivity index (χ2n) is 11.6. The lowest BCUT2D eigenvalue weighted by molar-refractivity contribution is 0.0934. The Hall–Kier alpha value is -3.62. The SMILES string of the molecule is CCNc1cc(C(N)=O)c(N[C@H](C)CC)cc1C(=O)NC1CC2CCCN(c3ccc(C(=O)C4CC4)cn3)C2C1. The fraction of sp³-hybridized carbons (Fsp3) is 0.548. The third kappa shape index (κ3) is 5.93. The number of pyridine rings is 1. The van der Waals surface area contributed by atoms with Gasteiger partial charge in [0.1, 0.15) is 5.82 Å². The van der Waals surface area contributed by atoms with E-state index in [4.69, 9.17) is 5.73 Å². The van der Waals surface area contributed by atoms with Gasteiger partial charge in [0.15, 0.2) is 5.78 Å². The molecule has 1 aromatic heterocycles. The number of Topliss-reactive ketones (excluding diaryl/α,β-unsaturated/α-hetero) is 1. The Bertz CT molecular complexity index is 1260. The van der Waals surface area contributed by atoms with Crippen LogP contribution in [0.2, 0.25) is 0 Å². The van der Waals surface area contributed by atoms with Gasteiger partial charge in [0.05, 0.1) is 11.1 Å². The maximum Gasteiger partial charge on any atom is 0.253 e. The number of piperidine rings is 1. The zero-order valence-corrected chi connectivity index (χ0v) is 23.8. The number of hydrogen-bond donors (Lipinski definition) is 4. The molecule has 0 bridgehead atoms. The Kier molecular flexibility index (Phi) is 8.28. The number of fused-ring (bicyclic) bond motifs is 1. The number of nitrogens with two attached hydrogens (primary N) is 1. The third-order valence-corrected chi connectivity index (χ3v) is 8.69. The molecule has 1 saturated heterocycles. The second kappa shape index (κ2) is 11.9. The fourth-order valence-electron chi connectivity index (χ4n) is 6.25. The van der Waals surface area contributed by atoms with E-state index in [1.54, 1.807) is 18.3 Å². The van der Waals surface area contributed by atoms with E-state index in [0.717, 1.165) is 57.3 Å². The lowest BCUT2D eigenvalue weighted by atomic mass is 9.92. The highest BCUT2D eigenvalue weighted by molar-refractivity contribution is 6.06. The molecule has 2 aliphatic carbocycles. The van der Waals surface area contributed by atoms with Crippen LogP contribution in [0, 0.1) is 11.8 Å². The van der Waals surface area contributed by atoms with Gasteiger partial charge in [-0.25, -0.2) is 4.98 Å². The van der Waals surface area contributed by atoms with Crippen LogP contribution in [0.4, 0.5) is 17.2 Å². The van der Waals surface area contributed by atoms with Crippen molar-refractivity contribution in [2.24, 2.45) is 17.6 Å². The molecule has 2 saturated carbocycles. The first kappa shape index (κ1) is 27.9. The number of carbonyl (C=O) groups is 3. The van der Waals surface area contributed by atoms with Crippen LogP contribution in [0.25, 0.3) is 0 Å². The van der Waals surface area contributed by atoms with Crippen molar-refractivity contribution < 1.29 is 14.4 Å². The van der Waals surface area contributed by atoms with E-state index in [9.17, 15) is 14.4 Å². The summed E-state index contributed by atoms with van der Waals surface area (Å²) in [5.74, 6) is 1.09. The average molecular weight is 547 g/mol. The average Bonchev–Trinajstić information content (AvgIpc) is 3.72. The van der Waals surface area contributed by atoms with Gasteiger partial charge in [-0.05, 0) is 89.0 Å². The standard InChI is InChI=1S/C31H42N6O3/c1-4-18(3)35-26-16-24(25(33-5-2)15-23(26)30(32)39)31(40)36-22-13-20-7-6-12-37(27(20)14-22)28-11-10-21(17-34-28)29(38)19-8-9-19/h10-11,15-20,22,27,33,35H,4-9,12-14H2,1-3H3,(H2,32,39)(H,36,40)/t18-,20?,22?,27?/m1/s1. The molecule has 5 rings (SSSR count). The Labute approximate surface area is 236 Å². The first-order valence-electron chi connectivity index (χ1n) is 14.8. The highest BCUT2D eigenvalue weighted by Crippen LogP contribution is 2.39. The molecular weight excluding hydrogens is 504 g/mol. The molecule has 2 aromatic rings. The van der Waals surface area contributed by atoms with Crippen LogP contribution in [0.15, 0.2) is 30.5 Å². The molecule has 3 aliphatic rings. The number of anilines is 3. The van der Waals surface area contributed by atoms with E-state index in [0.29, 0.717) is 46.6 Å². The molecule has 4 atom stereocenters. The van der Waals surface area contributed by atoms with Crippen molar-refractivity contribution in [1.29, 1.82) is 0 Å². The molecule has 3 fully saturated rings. The second-order valence-corrected chi connectivity index (χ2v) is 11.6. The zero-order chi connectivity index (χ0) is 28.4. The molecule has 214 valence electrons. The molecule has 40 heavy (non-hydrogen) atoms. The van der Waals surface area contributed by atoms with Crippen LogP contribution in [0.5, 0.6) is 0 Å². The molecule has 1 aromatic carbocycles. The summed E-state index contributed by atoms with van der Waals surface area (Å²) in [6.45, 7) is 7.58. The highest BCUT2D eigenvalue weighted by Gasteiger charge is 2.41. The number of benzene rings is 1. The van der Waals surface area contributed by atoms with Gasteiger partial charge in [0, 0.05) is 60.3 Å². The summed E-state index contributed by atoms with van der Waals surface area (Å²) in [5.41, 5.74) is 8.44. The van der Waals surface area contributed by atoms with Gasteiger partial charge in [-0.2, -0.15) is 0 Å². The third-order valence-electron chi connectivity index (χ3n) is 8.69. The monoisotopic (exact) mass is 546 g/mol. The molecular formula is C31H42N6O3. The van der Waals surface area contributed by atoms with Gasteiger partial charge in [-0.15, -0.1) is 0 Å². The van der Waals surface area contributed by atoms with Crippen LogP contribution in [0.3, 0.4) is 0 Å². The smallest absolute Gasteiger partial charge is 0.253 e. The Morgan fingerprint density at radius 2 is 1.85 bits per heavy atom. The molecule has 2 amide bonds. The lowest BCUT2D eigenvalue weighted by Gasteiger charge is -2.38. The number of carbonyl (C=O) groups excluding carboxylic acids is 3. The van der Waals surface area contributed by atoms with E-state index in [1.165, 1.54) is 0 Å². The maximum atomic E-state index is 13.7. The predicted molar refractivity (Wildman–Crippen MR) is 158 cm³/mol. The number of rotatable bonds is 11. The number of amides is 2. The maximum absolute atomic E-state index is 13.7. The molecule has 0 radical (unpaired) electrons. The first-order valence-corrected chi connectivity index (χ1v) is 14.8. The van der Waals surface area contributed by atoms with E-state index in [1.807, 2.05) is 26.0 Å². The first-order chi connectivity index (χ1) is 19.3. The Morgan fingerprint density at radius 3 is 2.50 bits per heavy atom. The van der Waals surface area contributed by atoms with E-state index in [-0.39, 0.29) is 29.7 Å². The Balaban J connectivity index is 1.32. The van der Waals surface area contributed by atoms with E-state index < -0.39 is 5.91 Å². The van der Waals surface area contributed by atoms with Gasteiger partial charge in [-0.1, -0.05) is 6.92 Å². The summed E-state index contributed by atoms with van der Waals surface area (Å²) in [6, 6.07) is 7.80. The van der Waals surface area contributed by atoms with Crippen LogP contribution in [-0.2, 0) is 0 Å². The van der Waals surface area contributed by atoms with Gasteiger partial charge in [0.25, 0.3) is 11.8 Å². The van der Waals surface area contributed by atoms with Crippen LogP contribution in [-0.4, -0.2) is 53.8 Å². The minimum Gasteiger partial charge on any atom is -0.385 e. The molecule has 2 heterocycles. The van der Waals surface area contributed by atoms with Crippen molar-refractivity contribution in [2.45, 2.75) is 83.8 Å². The van der Waals surface area contributed by atoms with E-state index >= 15 is 0 Å². The number of nitrogens with one attached hydrogen (secondary N) is 3. The van der Waals surface area contributed by atoms with Crippen molar-refractivity contribution in [1.82, 2.24) is 10.3 Å². The van der Waals surface area contributed by atoms with Gasteiger partial charge in [0.2, 0.25) is 0 Å². The quantitative estimate of drug-likeness (QED) is 0.303. The highest BCUT2D eigenvalue weighted by atomic mass is 16.2. The summed E-state index contributed by atoms with van der Waals surface area (Å²) in [6.07, 6.45) is 8.55. The lowest BCUT2D eigenvalue weighted by Crippen LogP contribution is -2.43. The topological polar surface area (TPSA) is 129 Å². The largest absolute Gasteiger partial charge is 0.385 e. The number of nitrogens with zero attached hydrogens (tertiary/aromatic N) is 2. The molecule has 9 heteroatoms. The molecule has 9 nitrogen and oxygen atoms in total. The minimum absolute atomic E-state index is 0.0371. The van der Waals surface area contributed by atoms with Crippen molar-refractivity contribution in [3.05, 3.63) is 47.2 Å². The van der Waals surface area contributed by atoms with Gasteiger partial charge < -0.3 is 26.6 Å². The molecule has 0 spiro atoms. The summed E-state index contributed by atoms with van der Waals surface area (Å²) in [7, 11) is 0. The molecule has 1 aliphatic heterocycles. The molecule has 3 unspecified atom stereocenters. The Morgan fingerprint density at radius 1 is 1.07 bits per heavy atom.